The van der Waals surface area contributed by atoms with Crippen LogP contribution in [0.1, 0.15) is 36.1 Å². The number of anilines is 1. The van der Waals surface area contributed by atoms with Gasteiger partial charge in [0.2, 0.25) is 0 Å². The third-order valence-electron chi connectivity index (χ3n) is 7.32. The summed E-state index contributed by atoms with van der Waals surface area (Å²) in [6.45, 7) is 1.93. The Balaban J connectivity index is 1.60. The minimum absolute atomic E-state index is 0.640. The van der Waals surface area contributed by atoms with Crippen molar-refractivity contribution in [2.45, 2.75) is 24.9 Å². The molecule has 1 N–H and O–H groups in total. The first kappa shape index (κ1) is 23.6. The first-order valence-electron chi connectivity index (χ1n) is 12.6. The molecule has 0 bridgehead atoms. The lowest BCUT2D eigenvalue weighted by molar-refractivity contribution is 0.117. The van der Waals surface area contributed by atoms with E-state index in [1.54, 1.807) is 24.9 Å². The molecular formula is C30H28ClN5O. The third kappa shape index (κ3) is 4.06. The molecule has 6 rings (SSSR count). The van der Waals surface area contributed by atoms with Gasteiger partial charge >= 0.3 is 0 Å². The number of aromatic nitrogens is 4. The second-order valence-electron chi connectivity index (χ2n) is 9.61. The summed E-state index contributed by atoms with van der Waals surface area (Å²) in [6, 6.07) is 19.7. The van der Waals surface area contributed by atoms with Crippen LogP contribution in [0.15, 0.2) is 85.6 Å². The van der Waals surface area contributed by atoms with Crippen molar-refractivity contribution in [3.05, 3.63) is 107 Å². The molecule has 2 aromatic carbocycles. The van der Waals surface area contributed by atoms with Gasteiger partial charge in [-0.05, 0) is 60.2 Å². The number of imidazole rings is 1. The van der Waals surface area contributed by atoms with E-state index in [-0.39, 0.29) is 0 Å². The molecular weight excluding hydrogens is 482 g/mol. The summed E-state index contributed by atoms with van der Waals surface area (Å²) in [5.41, 5.74) is 3.34. The Morgan fingerprint density at radius 1 is 0.892 bits per heavy atom. The fourth-order valence-electron chi connectivity index (χ4n) is 5.39. The van der Waals surface area contributed by atoms with Gasteiger partial charge in [0, 0.05) is 43.5 Å². The largest absolute Gasteiger partial charge is 0.374 e. The molecule has 7 heteroatoms. The van der Waals surface area contributed by atoms with Crippen LogP contribution in [0.4, 0.5) is 5.82 Å². The van der Waals surface area contributed by atoms with Crippen molar-refractivity contribution in [3.63, 3.8) is 0 Å². The number of aryl methyl sites for hydroxylation is 1. The van der Waals surface area contributed by atoms with Gasteiger partial charge < -0.3 is 14.6 Å². The smallest absolute Gasteiger partial charge is 0.157 e. The SMILES string of the molecule is Cn1cncc1C(O)(c1ccncc1)c1ccc2nc(N3CCCCC3)c(-c3ccccc3)c(Cl)c2c1. The van der Waals surface area contributed by atoms with Gasteiger partial charge in [0.25, 0.3) is 0 Å². The molecule has 1 fully saturated rings. The van der Waals surface area contributed by atoms with Crippen LogP contribution in [0.25, 0.3) is 22.0 Å². The lowest BCUT2D eigenvalue weighted by Gasteiger charge is -2.31. The summed E-state index contributed by atoms with van der Waals surface area (Å²) in [5, 5.41) is 13.8. The molecule has 1 aliphatic rings. The minimum atomic E-state index is -1.45. The van der Waals surface area contributed by atoms with E-state index in [9.17, 15) is 5.11 Å². The molecule has 1 atom stereocenters. The minimum Gasteiger partial charge on any atom is -0.374 e. The molecule has 1 saturated heterocycles. The van der Waals surface area contributed by atoms with Gasteiger partial charge in [0.05, 0.1) is 28.8 Å². The number of rotatable bonds is 5. The van der Waals surface area contributed by atoms with Crippen LogP contribution in [0.2, 0.25) is 5.02 Å². The van der Waals surface area contributed by atoms with Crippen molar-refractivity contribution in [3.8, 4) is 11.1 Å². The lowest BCUT2D eigenvalue weighted by atomic mass is 9.83. The molecule has 0 radical (unpaired) electrons. The highest BCUT2D eigenvalue weighted by Gasteiger charge is 2.37. The third-order valence-corrected chi connectivity index (χ3v) is 7.72. The monoisotopic (exact) mass is 509 g/mol. The van der Waals surface area contributed by atoms with Crippen LogP contribution >= 0.6 is 11.6 Å². The Labute approximate surface area is 221 Å². The maximum atomic E-state index is 12.3. The summed E-state index contributed by atoms with van der Waals surface area (Å²) in [5.74, 6) is 0.923. The van der Waals surface area contributed by atoms with E-state index < -0.39 is 5.60 Å². The molecule has 0 spiro atoms. The molecule has 37 heavy (non-hydrogen) atoms. The van der Waals surface area contributed by atoms with E-state index in [0.717, 1.165) is 53.8 Å². The van der Waals surface area contributed by atoms with Gasteiger partial charge in [-0.15, -0.1) is 0 Å². The van der Waals surface area contributed by atoms with Crippen LogP contribution in [0.3, 0.4) is 0 Å². The average molecular weight is 510 g/mol. The van der Waals surface area contributed by atoms with Crippen LogP contribution in [-0.2, 0) is 12.6 Å². The van der Waals surface area contributed by atoms with E-state index >= 15 is 0 Å². The van der Waals surface area contributed by atoms with Crippen molar-refractivity contribution in [2.75, 3.05) is 18.0 Å². The van der Waals surface area contributed by atoms with Gasteiger partial charge in [-0.1, -0.05) is 48.0 Å². The van der Waals surface area contributed by atoms with Gasteiger partial charge in [0.1, 0.15) is 5.82 Å². The summed E-state index contributed by atoms with van der Waals surface area (Å²) in [4.78, 5) is 15.9. The average Bonchev–Trinajstić information content (AvgIpc) is 3.40. The molecule has 1 unspecified atom stereocenters. The zero-order chi connectivity index (χ0) is 25.4. The highest BCUT2D eigenvalue weighted by atomic mass is 35.5. The highest BCUT2D eigenvalue weighted by Crippen LogP contribution is 2.43. The van der Waals surface area contributed by atoms with E-state index in [4.69, 9.17) is 16.6 Å². The number of fused-ring (bicyclic) bond motifs is 1. The zero-order valence-corrected chi connectivity index (χ0v) is 21.4. The van der Waals surface area contributed by atoms with Crippen molar-refractivity contribution in [1.82, 2.24) is 19.5 Å². The predicted octanol–water partition coefficient (Wildman–Crippen LogP) is 5.96. The quantitative estimate of drug-likeness (QED) is 0.317. The maximum absolute atomic E-state index is 12.3. The van der Waals surface area contributed by atoms with Gasteiger partial charge in [-0.3, -0.25) is 4.98 Å². The Morgan fingerprint density at radius 3 is 2.35 bits per heavy atom. The Morgan fingerprint density at radius 2 is 1.65 bits per heavy atom. The molecule has 0 aliphatic carbocycles. The van der Waals surface area contributed by atoms with Crippen LogP contribution in [-0.4, -0.2) is 37.7 Å². The second kappa shape index (κ2) is 9.61. The van der Waals surface area contributed by atoms with Crippen LogP contribution in [0.5, 0.6) is 0 Å². The number of pyridine rings is 2. The van der Waals surface area contributed by atoms with E-state index in [0.29, 0.717) is 21.8 Å². The fourth-order valence-corrected chi connectivity index (χ4v) is 5.74. The summed E-state index contributed by atoms with van der Waals surface area (Å²) in [7, 11) is 1.88. The molecule has 1 aliphatic heterocycles. The molecule has 186 valence electrons. The van der Waals surface area contributed by atoms with Crippen molar-refractivity contribution < 1.29 is 5.11 Å². The summed E-state index contributed by atoms with van der Waals surface area (Å²) >= 11 is 7.25. The topological polar surface area (TPSA) is 67.1 Å². The van der Waals surface area contributed by atoms with Gasteiger partial charge in [0.15, 0.2) is 5.60 Å². The van der Waals surface area contributed by atoms with Crippen molar-refractivity contribution in [1.29, 1.82) is 0 Å². The number of hydrogen-bond donors (Lipinski definition) is 1. The number of aliphatic hydroxyl groups is 1. The van der Waals surface area contributed by atoms with Gasteiger partial charge in [-0.2, -0.15) is 0 Å². The molecule has 4 heterocycles. The van der Waals surface area contributed by atoms with E-state index in [1.807, 2.05) is 60.1 Å². The number of halogens is 1. The van der Waals surface area contributed by atoms with Gasteiger partial charge in [-0.25, -0.2) is 9.97 Å². The van der Waals surface area contributed by atoms with Crippen LogP contribution < -0.4 is 4.90 Å². The zero-order valence-electron chi connectivity index (χ0n) is 20.7. The molecule has 6 nitrogen and oxygen atoms in total. The summed E-state index contributed by atoms with van der Waals surface area (Å²) in [6.07, 6.45) is 10.3. The van der Waals surface area contributed by atoms with Crippen molar-refractivity contribution >= 4 is 28.3 Å². The Bertz CT molecular complexity index is 1550. The standard InChI is InChI=1S/C30H28ClN5O/c1-35-20-33-19-26(35)30(37,22-12-14-32-15-13-22)23-10-11-25-24(18-23)28(31)27(21-8-4-2-5-9-21)29(34-25)36-16-6-3-7-17-36/h2,4-5,8-15,18-20,37H,3,6-7,16-17H2,1H3. The number of nitrogens with zero attached hydrogens (tertiary/aromatic N) is 5. The molecule has 5 aromatic rings. The van der Waals surface area contributed by atoms with Crippen molar-refractivity contribution in [2.24, 2.45) is 7.05 Å². The number of hydrogen-bond acceptors (Lipinski definition) is 5. The Hall–Kier alpha value is -3.74. The first-order chi connectivity index (χ1) is 18.1. The normalized spacial score (nSPS) is 15.6. The maximum Gasteiger partial charge on any atom is 0.157 e. The molecule has 3 aromatic heterocycles. The molecule has 0 saturated carbocycles. The lowest BCUT2D eigenvalue weighted by Crippen LogP contribution is -2.31. The summed E-state index contributed by atoms with van der Waals surface area (Å²) < 4.78 is 1.83. The first-order valence-corrected chi connectivity index (χ1v) is 13.0. The Kier molecular flexibility index (Phi) is 6.14. The van der Waals surface area contributed by atoms with Crippen LogP contribution in [0, 0.1) is 0 Å². The highest BCUT2D eigenvalue weighted by molar-refractivity contribution is 6.38. The second-order valence-corrected chi connectivity index (χ2v) is 9.98. The molecule has 0 amide bonds. The number of piperidine rings is 1. The predicted molar refractivity (Wildman–Crippen MR) is 148 cm³/mol. The number of benzene rings is 2. The van der Waals surface area contributed by atoms with E-state index in [1.165, 1.54) is 6.42 Å². The van der Waals surface area contributed by atoms with E-state index in [2.05, 4.69) is 27.0 Å². The fraction of sp³-hybridized carbons (Fsp3) is 0.233.